The molecule has 0 spiro atoms. The molecule has 1 atom stereocenters. The van der Waals surface area contributed by atoms with E-state index in [1.54, 1.807) is 11.9 Å². The number of amides is 3. The summed E-state index contributed by atoms with van der Waals surface area (Å²) in [6, 6.07) is -0.397. The van der Waals surface area contributed by atoms with E-state index in [0.717, 1.165) is 6.42 Å². The van der Waals surface area contributed by atoms with E-state index in [-0.39, 0.29) is 29.6 Å². The van der Waals surface area contributed by atoms with Gasteiger partial charge in [-0.25, -0.2) is 0 Å². The number of nitrogens with one attached hydrogen (secondary N) is 2. The third-order valence-corrected chi connectivity index (χ3v) is 3.39. The maximum atomic E-state index is 12.3. The molecule has 21 heavy (non-hydrogen) atoms. The highest BCUT2D eigenvalue weighted by atomic mass is 16.2. The molecule has 7 nitrogen and oxygen atoms in total. The number of rotatable bonds is 4. The molecule has 0 aromatic heterocycles. The Kier molecular flexibility index (Phi) is 7.35. The van der Waals surface area contributed by atoms with E-state index < -0.39 is 11.5 Å². The quantitative estimate of drug-likeness (QED) is 0.727. The lowest BCUT2D eigenvalue weighted by molar-refractivity contribution is -0.144. The van der Waals surface area contributed by atoms with Gasteiger partial charge < -0.3 is 21.0 Å². The third-order valence-electron chi connectivity index (χ3n) is 3.39. The third kappa shape index (κ3) is 5.34. The highest BCUT2D eigenvalue weighted by molar-refractivity contribution is 5.90. The zero-order valence-electron chi connectivity index (χ0n) is 13.3. The minimum atomic E-state index is -0.481. The predicted molar refractivity (Wildman–Crippen MR) is 79.5 cm³/mol. The normalized spacial score (nSPS) is 17.9. The van der Waals surface area contributed by atoms with Gasteiger partial charge in [-0.15, -0.1) is 0 Å². The molecule has 1 heterocycles. The van der Waals surface area contributed by atoms with E-state index in [4.69, 9.17) is 0 Å². The summed E-state index contributed by atoms with van der Waals surface area (Å²) >= 11 is 0. The molecule has 1 rings (SSSR count). The smallest absolute Gasteiger partial charge is 0.242 e. The molecule has 0 saturated carbocycles. The van der Waals surface area contributed by atoms with E-state index in [1.807, 2.05) is 20.8 Å². The van der Waals surface area contributed by atoms with Gasteiger partial charge in [0.2, 0.25) is 17.7 Å². The Hall–Kier alpha value is -1.63. The first-order valence-electron chi connectivity index (χ1n) is 7.06. The fraction of sp³-hybridized carbons (Fsp3) is 0.786. The van der Waals surface area contributed by atoms with Crippen LogP contribution in [0.25, 0.3) is 0 Å². The van der Waals surface area contributed by atoms with Gasteiger partial charge in [0, 0.05) is 32.0 Å². The summed E-state index contributed by atoms with van der Waals surface area (Å²) in [6.07, 6.45) is 1.78. The van der Waals surface area contributed by atoms with Gasteiger partial charge in [-0.2, -0.15) is 0 Å². The molecule has 1 aliphatic heterocycles. The van der Waals surface area contributed by atoms with Crippen LogP contribution in [-0.2, 0) is 14.4 Å². The summed E-state index contributed by atoms with van der Waals surface area (Å²) in [6.45, 7) is 6.49. The van der Waals surface area contributed by atoms with Crippen LogP contribution in [0.5, 0.6) is 0 Å². The Labute approximate surface area is 125 Å². The molecule has 122 valence electrons. The van der Waals surface area contributed by atoms with E-state index >= 15 is 0 Å². The van der Waals surface area contributed by atoms with Gasteiger partial charge in [0.25, 0.3) is 0 Å². The lowest BCUT2D eigenvalue weighted by Crippen LogP contribution is -2.49. The van der Waals surface area contributed by atoms with Gasteiger partial charge in [0.1, 0.15) is 6.04 Å². The van der Waals surface area contributed by atoms with Crippen molar-refractivity contribution in [3.05, 3.63) is 0 Å². The van der Waals surface area contributed by atoms with Gasteiger partial charge in [0.15, 0.2) is 0 Å². The van der Waals surface area contributed by atoms with Crippen molar-refractivity contribution in [2.24, 2.45) is 5.41 Å². The van der Waals surface area contributed by atoms with Gasteiger partial charge in [-0.3, -0.25) is 14.4 Å². The van der Waals surface area contributed by atoms with Crippen LogP contribution in [0.2, 0.25) is 0 Å². The maximum Gasteiger partial charge on any atom is 0.242 e. The summed E-state index contributed by atoms with van der Waals surface area (Å²) in [4.78, 5) is 37.2. The number of carbonyl (C=O) groups excluding carboxylic acids is 3. The van der Waals surface area contributed by atoms with Crippen LogP contribution in [0.1, 0.15) is 40.0 Å². The van der Waals surface area contributed by atoms with Crippen LogP contribution in [0, 0.1) is 5.41 Å². The largest absolute Gasteiger partial charge is 0.412 e. The van der Waals surface area contributed by atoms with Crippen LogP contribution in [0.4, 0.5) is 0 Å². The van der Waals surface area contributed by atoms with Crippen LogP contribution in [0.15, 0.2) is 0 Å². The molecular formula is C14H27N3O4. The zero-order valence-corrected chi connectivity index (χ0v) is 13.3. The summed E-state index contributed by atoms with van der Waals surface area (Å²) < 4.78 is 0. The second-order valence-corrected chi connectivity index (χ2v) is 6.12. The number of nitrogens with zero attached hydrogens (tertiary/aromatic N) is 1. The Morgan fingerprint density at radius 1 is 1.24 bits per heavy atom. The second kappa shape index (κ2) is 7.97. The fourth-order valence-electron chi connectivity index (χ4n) is 2.26. The average Bonchev–Trinajstić information content (AvgIpc) is 2.85. The number of hydrogen-bond donors (Lipinski definition) is 2. The first-order valence-corrected chi connectivity index (χ1v) is 7.06. The topological polar surface area (TPSA) is 110 Å². The minimum absolute atomic E-state index is 0. The summed E-state index contributed by atoms with van der Waals surface area (Å²) in [7, 11) is 1.56. The zero-order chi connectivity index (χ0) is 15.3. The van der Waals surface area contributed by atoms with Crippen LogP contribution in [0.3, 0.4) is 0 Å². The first-order chi connectivity index (χ1) is 9.27. The highest BCUT2D eigenvalue weighted by Gasteiger charge is 2.38. The van der Waals surface area contributed by atoms with Crippen molar-refractivity contribution in [1.82, 2.24) is 15.5 Å². The van der Waals surface area contributed by atoms with Crippen molar-refractivity contribution in [1.29, 1.82) is 0 Å². The summed E-state index contributed by atoms with van der Waals surface area (Å²) in [5, 5.41) is 5.23. The molecule has 0 radical (unpaired) electrons. The van der Waals surface area contributed by atoms with Crippen molar-refractivity contribution in [3.8, 4) is 0 Å². The lowest BCUT2D eigenvalue weighted by atomic mass is 9.94. The van der Waals surface area contributed by atoms with E-state index in [9.17, 15) is 14.4 Å². The highest BCUT2D eigenvalue weighted by Crippen LogP contribution is 2.25. The lowest BCUT2D eigenvalue weighted by Gasteiger charge is -2.30. The Morgan fingerprint density at radius 2 is 1.86 bits per heavy atom. The maximum absolute atomic E-state index is 12.3. The first kappa shape index (κ1) is 19.4. The van der Waals surface area contributed by atoms with Crippen LogP contribution in [-0.4, -0.2) is 54.3 Å². The number of carbonyl (C=O) groups is 3. The fourth-order valence-corrected chi connectivity index (χ4v) is 2.26. The van der Waals surface area contributed by atoms with Crippen LogP contribution < -0.4 is 10.6 Å². The standard InChI is InChI=1S/C14H25N3O3.H2O/c1-14(2,3)13(20)17-9-5-6-10(17)12(19)16-8-7-11(18)15-4;/h10H,5-9H2,1-4H3,(H,15,18)(H,16,19);1H2/t10-;/m0./s1. The molecule has 1 aliphatic rings. The molecule has 3 amide bonds. The molecule has 0 bridgehead atoms. The van der Waals surface area contributed by atoms with Gasteiger partial charge in [-0.05, 0) is 12.8 Å². The summed E-state index contributed by atoms with van der Waals surface area (Å²) in [5.41, 5.74) is -0.481. The molecule has 1 fully saturated rings. The van der Waals surface area contributed by atoms with Gasteiger partial charge >= 0.3 is 0 Å². The van der Waals surface area contributed by atoms with Gasteiger partial charge in [-0.1, -0.05) is 20.8 Å². The van der Waals surface area contributed by atoms with Gasteiger partial charge in [0.05, 0.1) is 0 Å². The number of hydrogen-bond acceptors (Lipinski definition) is 3. The van der Waals surface area contributed by atoms with Crippen molar-refractivity contribution in [2.75, 3.05) is 20.1 Å². The monoisotopic (exact) mass is 301 g/mol. The Bertz CT molecular complexity index is 390. The average molecular weight is 301 g/mol. The van der Waals surface area contributed by atoms with Crippen LogP contribution >= 0.6 is 0 Å². The number of likely N-dealkylation sites (tertiary alicyclic amines) is 1. The van der Waals surface area contributed by atoms with Crippen molar-refractivity contribution in [3.63, 3.8) is 0 Å². The molecular weight excluding hydrogens is 274 g/mol. The second-order valence-electron chi connectivity index (χ2n) is 6.12. The molecule has 4 N–H and O–H groups in total. The van der Waals surface area contributed by atoms with E-state index in [2.05, 4.69) is 10.6 Å². The van der Waals surface area contributed by atoms with E-state index in [1.165, 1.54) is 0 Å². The molecule has 1 saturated heterocycles. The molecule has 0 aromatic rings. The molecule has 0 aliphatic carbocycles. The van der Waals surface area contributed by atoms with Crippen molar-refractivity contribution in [2.45, 2.75) is 46.1 Å². The van der Waals surface area contributed by atoms with E-state index in [0.29, 0.717) is 19.5 Å². The molecule has 0 aromatic carbocycles. The Balaban J connectivity index is 0.00000400. The SMILES string of the molecule is CNC(=O)CCNC(=O)[C@@H]1CCCN1C(=O)C(C)(C)C.O. The summed E-state index contributed by atoms with van der Waals surface area (Å²) in [5.74, 6) is -0.273. The van der Waals surface area contributed by atoms with Crippen molar-refractivity contribution < 1.29 is 19.9 Å². The Morgan fingerprint density at radius 3 is 2.38 bits per heavy atom. The van der Waals surface area contributed by atoms with Crippen molar-refractivity contribution >= 4 is 17.7 Å². The predicted octanol–water partition coefficient (Wildman–Crippen LogP) is -0.549. The molecule has 7 heteroatoms. The molecule has 0 unspecified atom stereocenters. The minimum Gasteiger partial charge on any atom is -0.412 e.